The lowest BCUT2D eigenvalue weighted by Crippen LogP contribution is -2.34. The van der Waals surface area contributed by atoms with E-state index in [0.29, 0.717) is 12.1 Å². The topological polar surface area (TPSA) is 71.2 Å². The molecule has 1 aliphatic rings. The lowest BCUT2D eigenvalue weighted by molar-refractivity contribution is 0.0933. The number of hydrogen-bond acceptors (Lipinski definition) is 3. The number of fused-ring (bicyclic) bond motifs is 1. The maximum Gasteiger partial charge on any atom is 0.251 e. The van der Waals surface area contributed by atoms with Gasteiger partial charge < -0.3 is 15.0 Å². The highest BCUT2D eigenvalue weighted by Crippen LogP contribution is 2.27. The zero-order chi connectivity index (χ0) is 13.9. The predicted molar refractivity (Wildman–Crippen MR) is 74.0 cm³/mol. The monoisotopic (exact) mass is 270 g/mol. The van der Waals surface area contributed by atoms with Gasteiger partial charge in [-0.1, -0.05) is 18.2 Å². The van der Waals surface area contributed by atoms with Crippen LogP contribution in [0.1, 0.15) is 15.9 Å². The Morgan fingerprint density at radius 1 is 1.35 bits per heavy atom. The van der Waals surface area contributed by atoms with E-state index in [1.807, 2.05) is 24.3 Å². The number of pyridine rings is 1. The van der Waals surface area contributed by atoms with E-state index >= 15 is 0 Å². The maximum atomic E-state index is 11.9. The van der Waals surface area contributed by atoms with Gasteiger partial charge in [0.15, 0.2) is 0 Å². The van der Waals surface area contributed by atoms with Gasteiger partial charge in [-0.25, -0.2) is 0 Å². The smallest absolute Gasteiger partial charge is 0.251 e. The van der Waals surface area contributed by atoms with E-state index in [1.54, 1.807) is 6.07 Å². The Bertz CT molecular complexity index is 668. The number of aromatic nitrogens is 1. The summed E-state index contributed by atoms with van der Waals surface area (Å²) in [5.41, 5.74) is 1.22. The van der Waals surface area contributed by atoms with Crippen LogP contribution in [0, 0.1) is 0 Å². The first-order valence-corrected chi connectivity index (χ1v) is 6.44. The molecule has 1 unspecified atom stereocenters. The number of para-hydroxylation sites is 1. The molecule has 0 saturated heterocycles. The average Bonchev–Trinajstić information content (AvgIpc) is 2.87. The molecule has 2 N–H and O–H groups in total. The summed E-state index contributed by atoms with van der Waals surface area (Å²) in [6, 6.07) is 10.7. The van der Waals surface area contributed by atoms with Crippen LogP contribution in [0.5, 0.6) is 5.75 Å². The third-order valence-corrected chi connectivity index (χ3v) is 3.24. The Morgan fingerprint density at radius 2 is 2.20 bits per heavy atom. The molecule has 0 spiro atoms. The number of carbonyl (C=O) groups excluding carboxylic acids is 1. The number of aromatic amines is 1. The zero-order valence-electron chi connectivity index (χ0n) is 10.8. The van der Waals surface area contributed by atoms with Gasteiger partial charge in [0.2, 0.25) is 5.56 Å². The van der Waals surface area contributed by atoms with Crippen LogP contribution in [-0.2, 0) is 6.42 Å². The van der Waals surface area contributed by atoms with E-state index in [4.69, 9.17) is 4.74 Å². The molecule has 2 heterocycles. The molecule has 102 valence electrons. The normalized spacial score (nSPS) is 16.3. The molecule has 1 atom stereocenters. The van der Waals surface area contributed by atoms with Crippen LogP contribution in [0.3, 0.4) is 0 Å². The van der Waals surface area contributed by atoms with Crippen molar-refractivity contribution in [3.8, 4) is 5.75 Å². The van der Waals surface area contributed by atoms with Crippen molar-refractivity contribution in [2.45, 2.75) is 12.5 Å². The van der Waals surface area contributed by atoms with Crippen LogP contribution in [0.4, 0.5) is 0 Å². The van der Waals surface area contributed by atoms with E-state index in [-0.39, 0.29) is 17.6 Å². The molecule has 1 amide bonds. The van der Waals surface area contributed by atoms with Gasteiger partial charge in [-0.05, 0) is 17.7 Å². The van der Waals surface area contributed by atoms with Crippen molar-refractivity contribution < 1.29 is 9.53 Å². The Balaban J connectivity index is 1.59. The van der Waals surface area contributed by atoms with Gasteiger partial charge >= 0.3 is 0 Å². The van der Waals surface area contributed by atoms with Crippen LogP contribution >= 0.6 is 0 Å². The highest BCUT2D eigenvalue weighted by molar-refractivity contribution is 5.93. The fourth-order valence-corrected chi connectivity index (χ4v) is 2.26. The third-order valence-electron chi connectivity index (χ3n) is 3.24. The van der Waals surface area contributed by atoms with Crippen LogP contribution in [0.2, 0.25) is 0 Å². The SMILES string of the molecule is O=C(NCC1Cc2ccccc2O1)c1cc[nH]c(=O)c1. The summed E-state index contributed by atoms with van der Waals surface area (Å²) in [5.74, 6) is 0.610. The first-order chi connectivity index (χ1) is 9.72. The molecular formula is C15H14N2O3. The minimum absolute atomic E-state index is 0.0571. The summed E-state index contributed by atoms with van der Waals surface area (Å²) in [5, 5.41) is 2.79. The second-order valence-electron chi connectivity index (χ2n) is 4.70. The summed E-state index contributed by atoms with van der Waals surface area (Å²) in [7, 11) is 0. The van der Waals surface area contributed by atoms with Gasteiger partial charge in [0.1, 0.15) is 11.9 Å². The van der Waals surface area contributed by atoms with Crippen molar-refractivity contribution >= 4 is 5.91 Å². The van der Waals surface area contributed by atoms with Crippen LogP contribution in [-0.4, -0.2) is 23.5 Å². The number of carbonyl (C=O) groups is 1. The molecule has 0 fully saturated rings. The third kappa shape index (κ3) is 2.56. The van der Waals surface area contributed by atoms with Crippen molar-refractivity contribution in [2.75, 3.05) is 6.54 Å². The lowest BCUT2D eigenvalue weighted by atomic mass is 10.1. The van der Waals surface area contributed by atoms with Gasteiger partial charge in [0.25, 0.3) is 5.91 Å². The summed E-state index contributed by atoms with van der Waals surface area (Å²) in [4.78, 5) is 25.5. The number of rotatable bonds is 3. The van der Waals surface area contributed by atoms with Crippen LogP contribution < -0.4 is 15.6 Å². The molecular weight excluding hydrogens is 256 g/mol. The molecule has 0 radical (unpaired) electrons. The molecule has 0 aliphatic carbocycles. The van der Waals surface area contributed by atoms with Crippen molar-refractivity contribution in [3.63, 3.8) is 0 Å². The highest BCUT2D eigenvalue weighted by Gasteiger charge is 2.22. The van der Waals surface area contributed by atoms with Crippen LogP contribution in [0.15, 0.2) is 47.4 Å². The minimum atomic E-state index is -0.290. The number of ether oxygens (including phenoxy) is 1. The molecule has 5 nitrogen and oxygen atoms in total. The van der Waals surface area contributed by atoms with Gasteiger partial charge in [-0.2, -0.15) is 0 Å². The van der Waals surface area contributed by atoms with E-state index < -0.39 is 0 Å². The second-order valence-corrected chi connectivity index (χ2v) is 4.70. The lowest BCUT2D eigenvalue weighted by Gasteiger charge is -2.11. The molecule has 0 bridgehead atoms. The molecule has 1 aliphatic heterocycles. The first-order valence-electron chi connectivity index (χ1n) is 6.44. The van der Waals surface area contributed by atoms with Crippen molar-refractivity contribution in [2.24, 2.45) is 0 Å². The van der Waals surface area contributed by atoms with Crippen molar-refractivity contribution in [1.29, 1.82) is 0 Å². The maximum absolute atomic E-state index is 11.9. The first kappa shape index (κ1) is 12.5. The van der Waals surface area contributed by atoms with E-state index in [9.17, 15) is 9.59 Å². The second kappa shape index (κ2) is 5.21. The summed E-state index contributed by atoms with van der Waals surface area (Å²) >= 11 is 0. The number of hydrogen-bond donors (Lipinski definition) is 2. The van der Waals surface area contributed by atoms with Gasteiger partial charge in [-0.15, -0.1) is 0 Å². The molecule has 2 aromatic rings. The minimum Gasteiger partial charge on any atom is -0.488 e. The quantitative estimate of drug-likeness (QED) is 0.877. The number of amides is 1. The van der Waals surface area contributed by atoms with Gasteiger partial charge in [0.05, 0.1) is 6.54 Å². The fraction of sp³-hybridized carbons (Fsp3) is 0.200. The molecule has 5 heteroatoms. The average molecular weight is 270 g/mol. The van der Waals surface area contributed by atoms with Crippen molar-refractivity contribution in [3.05, 3.63) is 64.1 Å². The Kier molecular flexibility index (Phi) is 3.25. The number of H-pyrrole nitrogens is 1. The molecule has 0 saturated carbocycles. The largest absolute Gasteiger partial charge is 0.488 e. The fourth-order valence-electron chi connectivity index (χ4n) is 2.26. The molecule has 1 aromatic carbocycles. The van der Waals surface area contributed by atoms with Crippen molar-refractivity contribution in [1.82, 2.24) is 10.3 Å². The Morgan fingerprint density at radius 3 is 3.00 bits per heavy atom. The molecule has 3 rings (SSSR count). The van der Waals surface area contributed by atoms with Gasteiger partial charge in [-0.3, -0.25) is 9.59 Å². The Hall–Kier alpha value is -2.56. The number of benzene rings is 1. The Labute approximate surface area is 115 Å². The summed E-state index contributed by atoms with van der Waals surface area (Å²) in [6.45, 7) is 0.417. The molecule has 1 aromatic heterocycles. The van der Waals surface area contributed by atoms with Gasteiger partial charge in [0, 0.05) is 24.2 Å². The standard InChI is InChI=1S/C15H14N2O3/c18-14-8-11(5-6-16-14)15(19)17-9-12-7-10-3-1-2-4-13(10)20-12/h1-6,8,12H,7,9H2,(H,16,18)(H,17,19). The van der Waals surface area contributed by atoms with E-state index in [2.05, 4.69) is 10.3 Å². The van der Waals surface area contributed by atoms with E-state index in [0.717, 1.165) is 17.7 Å². The highest BCUT2D eigenvalue weighted by atomic mass is 16.5. The van der Waals surface area contributed by atoms with Crippen LogP contribution in [0.25, 0.3) is 0 Å². The molecule has 20 heavy (non-hydrogen) atoms. The number of nitrogens with one attached hydrogen (secondary N) is 2. The van der Waals surface area contributed by atoms with E-state index in [1.165, 1.54) is 12.3 Å². The summed E-state index contributed by atoms with van der Waals surface area (Å²) < 4.78 is 5.73. The zero-order valence-corrected chi connectivity index (χ0v) is 10.8. The summed E-state index contributed by atoms with van der Waals surface area (Å²) in [6.07, 6.45) is 2.18. The predicted octanol–water partition coefficient (Wildman–Crippen LogP) is 1.11.